The summed E-state index contributed by atoms with van der Waals surface area (Å²) in [5.41, 5.74) is 2.86. The van der Waals surface area contributed by atoms with Crippen LogP contribution in [0.3, 0.4) is 0 Å². The van der Waals surface area contributed by atoms with Crippen molar-refractivity contribution in [3.63, 3.8) is 0 Å². The monoisotopic (exact) mass is 248 g/mol. The van der Waals surface area contributed by atoms with Crippen LogP contribution in [0.15, 0.2) is 29.4 Å². The third-order valence-corrected chi connectivity index (χ3v) is 3.36. The lowest BCUT2D eigenvalue weighted by molar-refractivity contribution is 0.239. The number of benzene rings is 1. The van der Waals surface area contributed by atoms with E-state index in [2.05, 4.69) is 16.1 Å². The second-order valence-corrected chi connectivity index (χ2v) is 4.90. The maximum absolute atomic E-state index is 9.19. The SMILES string of the molecule is CC(CO)CN1CCC/C(=N/O)c2ccccc21. The van der Waals surface area contributed by atoms with Crippen molar-refractivity contribution in [1.29, 1.82) is 0 Å². The molecule has 98 valence electrons. The Balaban J connectivity index is 2.33. The summed E-state index contributed by atoms with van der Waals surface area (Å²) in [6.07, 6.45) is 1.75. The Labute approximate surface area is 108 Å². The van der Waals surface area contributed by atoms with Gasteiger partial charge in [0.2, 0.25) is 0 Å². The molecule has 2 N–H and O–H groups in total. The van der Waals surface area contributed by atoms with Gasteiger partial charge >= 0.3 is 0 Å². The van der Waals surface area contributed by atoms with Crippen LogP contribution in [0.1, 0.15) is 25.3 Å². The second-order valence-electron chi connectivity index (χ2n) is 4.90. The molecule has 0 amide bonds. The summed E-state index contributed by atoms with van der Waals surface area (Å²) < 4.78 is 0. The number of hydrogen-bond donors (Lipinski definition) is 2. The fraction of sp³-hybridized carbons (Fsp3) is 0.500. The standard InChI is InChI=1S/C14H20N2O2/c1-11(10-17)9-16-8-4-6-13(15-18)12-5-2-3-7-14(12)16/h2-3,5,7,11,17-18H,4,6,8-10H2,1H3/b15-13-. The lowest BCUT2D eigenvalue weighted by Gasteiger charge is -2.27. The highest BCUT2D eigenvalue weighted by atomic mass is 16.4. The quantitative estimate of drug-likeness (QED) is 0.636. The van der Waals surface area contributed by atoms with Gasteiger partial charge in [0.25, 0.3) is 0 Å². The predicted octanol–water partition coefficient (Wildman–Crippen LogP) is 2.09. The summed E-state index contributed by atoms with van der Waals surface area (Å²) in [5, 5.41) is 21.7. The minimum atomic E-state index is 0.194. The zero-order chi connectivity index (χ0) is 13.0. The molecule has 0 aliphatic carbocycles. The fourth-order valence-corrected chi connectivity index (χ4v) is 2.41. The van der Waals surface area contributed by atoms with Crippen LogP contribution in [-0.4, -0.2) is 35.7 Å². The first kappa shape index (κ1) is 12.9. The van der Waals surface area contributed by atoms with E-state index < -0.39 is 0 Å². The molecule has 1 heterocycles. The minimum Gasteiger partial charge on any atom is -0.411 e. The highest BCUT2D eigenvalue weighted by molar-refractivity contribution is 6.05. The number of para-hydroxylation sites is 1. The van der Waals surface area contributed by atoms with Crippen LogP contribution in [0.2, 0.25) is 0 Å². The van der Waals surface area contributed by atoms with E-state index in [4.69, 9.17) is 5.21 Å². The molecule has 2 rings (SSSR count). The van der Waals surface area contributed by atoms with Gasteiger partial charge in [-0.3, -0.25) is 0 Å². The molecule has 0 fully saturated rings. The third-order valence-electron chi connectivity index (χ3n) is 3.36. The average molecular weight is 248 g/mol. The number of fused-ring (bicyclic) bond motifs is 1. The van der Waals surface area contributed by atoms with Crippen molar-refractivity contribution in [1.82, 2.24) is 0 Å². The lowest BCUT2D eigenvalue weighted by atomic mass is 10.1. The van der Waals surface area contributed by atoms with E-state index in [0.717, 1.165) is 42.9 Å². The predicted molar refractivity (Wildman–Crippen MR) is 72.5 cm³/mol. The van der Waals surface area contributed by atoms with E-state index in [-0.39, 0.29) is 12.5 Å². The average Bonchev–Trinajstić information content (AvgIpc) is 2.58. The van der Waals surface area contributed by atoms with Crippen molar-refractivity contribution in [3.8, 4) is 0 Å². The molecule has 0 bridgehead atoms. The highest BCUT2D eigenvalue weighted by Gasteiger charge is 2.20. The molecule has 0 spiro atoms. The Hall–Kier alpha value is -1.55. The van der Waals surface area contributed by atoms with Crippen LogP contribution in [0.4, 0.5) is 5.69 Å². The van der Waals surface area contributed by atoms with E-state index in [9.17, 15) is 5.11 Å². The number of anilines is 1. The molecular weight excluding hydrogens is 228 g/mol. The van der Waals surface area contributed by atoms with Crippen molar-refractivity contribution in [3.05, 3.63) is 29.8 Å². The summed E-state index contributed by atoms with van der Waals surface area (Å²) in [5.74, 6) is 0.241. The van der Waals surface area contributed by atoms with Gasteiger partial charge in [-0.1, -0.05) is 30.3 Å². The van der Waals surface area contributed by atoms with E-state index in [1.54, 1.807) is 0 Å². The summed E-state index contributed by atoms with van der Waals surface area (Å²) in [6.45, 7) is 3.99. The Morgan fingerprint density at radius 3 is 2.89 bits per heavy atom. The Morgan fingerprint density at radius 1 is 1.39 bits per heavy atom. The van der Waals surface area contributed by atoms with Crippen LogP contribution in [0.25, 0.3) is 0 Å². The molecule has 1 aliphatic rings. The molecule has 1 aromatic carbocycles. The zero-order valence-corrected chi connectivity index (χ0v) is 10.7. The molecule has 0 saturated carbocycles. The van der Waals surface area contributed by atoms with Gasteiger partial charge in [0, 0.05) is 30.9 Å². The van der Waals surface area contributed by atoms with Gasteiger partial charge in [0.15, 0.2) is 0 Å². The van der Waals surface area contributed by atoms with E-state index in [0.29, 0.717) is 0 Å². The number of oxime groups is 1. The minimum absolute atomic E-state index is 0.194. The molecule has 0 saturated heterocycles. The normalized spacial score (nSPS) is 19.4. The first-order valence-electron chi connectivity index (χ1n) is 6.42. The number of rotatable bonds is 3. The molecule has 4 nitrogen and oxygen atoms in total. The molecule has 0 aromatic heterocycles. The Bertz CT molecular complexity index is 432. The molecule has 1 aliphatic heterocycles. The fourth-order valence-electron chi connectivity index (χ4n) is 2.41. The van der Waals surface area contributed by atoms with Gasteiger partial charge in [0.05, 0.1) is 5.71 Å². The summed E-state index contributed by atoms with van der Waals surface area (Å²) >= 11 is 0. The molecular formula is C14H20N2O2. The highest BCUT2D eigenvalue weighted by Crippen LogP contribution is 2.27. The summed E-state index contributed by atoms with van der Waals surface area (Å²) in [4.78, 5) is 2.27. The van der Waals surface area contributed by atoms with Gasteiger partial charge in [-0.15, -0.1) is 0 Å². The lowest BCUT2D eigenvalue weighted by Crippen LogP contribution is -2.30. The Morgan fingerprint density at radius 2 is 2.17 bits per heavy atom. The van der Waals surface area contributed by atoms with Gasteiger partial charge in [-0.05, 0) is 24.8 Å². The van der Waals surface area contributed by atoms with E-state index >= 15 is 0 Å². The maximum atomic E-state index is 9.19. The zero-order valence-electron chi connectivity index (χ0n) is 10.7. The first-order chi connectivity index (χ1) is 8.76. The van der Waals surface area contributed by atoms with E-state index in [1.165, 1.54) is 0 Å². The van der Waals surface area contributed by atoms with Gasteiger partial charge in [-0.2, -0.15) is 0 Å². The van der Waals surface area contributed by atoms with Crippen LogP contribution in [-0.2, 0) is 0 Å². The summed E-state index contributed by atoms with van der Waals surface area (Å²) in [6, 6.07) is 8.00. The first-order valence-corrected chi connectivity index (χ1v) is 6.42. The van der Waals surface area contributed by atoms with Crippen molar-refractivity contribution in [2.75, 3.05) is 24.6 Å². The third kappa shape index (κ3) is 2.64. The molecule has 1 atom stereocenters. The largest absolute Gasteiger partial charge is 0.411 e. The van der Waals surface area contributed by atoms with E-state index in [1.807, 2.05) is 25.1 Å². The molecule has 4 heteroatoms. The van der Waals surface area contributed by atoms with Crippen molar-refractivity contribution < 1.29 is 10.3 Å². The van der Waals surface area contributed by atoms with Crippen LogP contribution in [0.5, 0.6) is 0 Å². The van der Waals surface area contributed by atoms with Gasteiger partial charge < -0.3 is 15.2 Å². The van der Waals surface area contributed by atoms with Gasteiger partial charge in [-0.25, -0.2) is 0 Å². The number of nitrogens with zero attached hydrogens (tertiary/aromatic N) is 2. The number of hydrogen-bond acceptors (Lipinski definition) is 4. The molecule has 1 aromatic rings. The van der Waals surface area contributed by atoms with Crippen molar-refractivity contribution in [2.45, 2.75) is 19.8 Å². The number of aliphatic hydroxyl groups excluding tert-OH is 1. The van der Waals surface area contributed by atoms with Crippen LogP contribution in [0, 0.1) is 5.92 Å². The Kier molecular flexibility index (Phi) is 4.20. The topological polar surface area (TPSA) is 56.1 Å². The molecule has 18 heavy (non-hydrogen) atoms. The van der Waals surface area contributed by atoms with Crippen molar-refractivity contribution >= 4 is 11.4 Å². The second kappa shape index (κ2) is 5.87. The molecule has 0 radical (unpaired) electrons. The van der Waals surface area contributed by atoms with Crippen LogP contribution < -0.4 is 4.90 Å². The molecule has 1 unspecified atom stereocenters. The van der Waals surface area contributed by atoms with Crippen LogP contribution >= 0.6 is 0 Å². The maximum Gasteiger partial charge on any atom is 0.0889 e. The summed E-state index contributed by atoms with van der Waals surface area (Å²) in [7, 11) is 0. The van der Waals surface area contributed by atoms with Crippen molar-refractivity contribution in [2.24, 2.45) is 11.1 Å². The number of aliphatic hydroxyl groups is 1. The van der Waals surface area contributed by atoms with Gasteiger partial charge in [0.1, 0.15) is 0 Å². The smallest absolute Gasteiger partial charge is 0.0889 e.